The SMILES string of the molecule is COC(=O)c1ccc(S(=O)(=O)N2CCC[C@H](C(=O)O)[C@@H]2C)s1. The Balaban J connectivity index is 2.31. The lowest BCUT2D eigenvalue weighted by atomic mass is 9.92. The molecule has 1 saturated heterocycles. The smallest absolute Gasteiger partial charge is 0.348 e. The largest absolute Gasteiger partial charge is 0.481 e. The van der Waals surface area contributed by atoms with Crippen molar-refractivity contribution < 1.29 is 27.9 Å². The zero-order valence-corrected chi connectivity index (χ0v) is 13.8. The number of carboxylic acid groups (broad SMARTS) is 1. The van der Waals surface area contributed by atoms with Crippen molar-refractivity contribution in [3.8, 4) is 0 Å². The van der Waals surface area contributed by atoms with E-state index >= 15 is 0 Å². The van der Waals surface area contributed by atoms with Crippen molar-refractivity contribution in [3.63, 3.8) is 0 Å². The van der Waals surface area contributed by atoms with Gasteiger partial charge in [-0.05, 0) is 31.9 Å². The van der Waals surface area contributed by atoms with Crippen molar-refractivity contribution in [2.24, 2.45) is 5.92 Å². The van der Waals surface area contributed by atoms with E-state index in [1.54, 1.807) is 6.92 Å². The summed E-state index contributed by atoms with van der Waals surface area (Å²) in [5, 5.41) is 9.19. The Morgan fingerprint density at radius 2 is 2.09 bits per heavy atom. The van der Waals surface area contributed by atoms with E-state index in [9.17, 15) is 23.1 Å². The number of esters is 1. The van der Waals surface area contributed by atoms with Crippen LogP contribution in [0, 0.1) is 5.92 Å². The number of rotatable bonds is 4. The van der Waals surface area contributed by atoms with Gasteiger partial charge >= 0.3 is 11.9 Å². The van der Waals surface area contributed by atoms with Crippen LogP contribution in [-0.4, -0.2) is 49.5 Å². The molecule has 1 aliphatic heterocycles. The van der Waals surface area contributed by atoms with Crippen LogP contribution >= 0.6 is 11.3 Å². The van der Waals surface area contributed by atoms with Crippen molar-refractivity contribution in [2.75, 3.05) is 13.7 Å². The van der Waals surface area contributed by atoms with Gasteiger partial charge in [0.1, 0.15) is 9.09 Å². The zero-order valence-electron chi connectivity index (χ0n) is 12.2. The summed E-state index contributed by atoms with van der Waals surface area (Å²) in [6.45, 7) is 1.88. The van der Waals surface area contributed by atoms with Gasteiger partial charge < -0.3 is 9.84 Å². The van der Waals surface area contributed by atoms with Crippen molar-refractivity contribution in [1.82, 2.24) is 4.31 Å². The molecule has 0 bridgehead atoms. The first-order chi connectivity index (χ1) is 10.3. The van der Waals surface area contributed by atoms with Gasteiger partial charge in [0.25, 0.3) is 10.0 Å². The third-order valence-electron chi connectivity index (χ3n) is 3.78. The van der Waals surface area contributed by atoms with Gasteiger partial charge in [-0.2, -0.15) is 4.31 Å². The molecule has 1 fully saturated rings. The molecule has 2 rings (SSSR count). The van der Waals surface area contributed by atoms with Gasteiger partial charge in [-0.3, -0.25) is 4.79 Å². The quantitative estimate of drug-likeness (QED) is 0.827. The summed E-state index contributed by atoms with van der Waals surface area (Å²) in [7, 11) is -2.60. The second kappa shape index (κ2) is 6.35. The molecule has 1 N–H and O–H groups in total. The first-order valence-corrected chi connectivity index (χ1v) is 8.97. The average molecular weight is 347 g/mol. The van der Waals surface area contributed by atoms with E-state index in [1.165, 1.54) is 23.5 Å². The summed E-state index contributed by atoms with van der Waals surface area (Å²) in [6.07, 6.45) is 0.955. The number of carboxylic acids is 1. The number of hydrogen-bond acceptors (Lipinski definition) is 6. The van der Waals surface area contributed by atoms with Gasteiger partial charge in [-0.25, -0.2) is 13.2 Å². The van der Waals surface area contributed by atoms with Crippen LogP contribution in [-0.2, 0) is 19.6 Å². The van der Waals surface area contributed by atoms with Crippen LogP contribution in [0.4, 0.5) is 0 Å². The molecular formula is C13H17NO6S2. The third kappa shape index (κ3) is 3.01. The van der Waals surface area contributed by atoms with Crippen LogP contribution < -0.4 is 0 Å². The van der Waals surface area contributed by atoms with E-state index in [2.05, 4.69) is 4.74 Å². The Morgan fingerprint density at radius 3 is 2.68 bits per heavy atom. The first kappa shape index (κ1) is 16.9. The second-order valence-electron chi connectivity index (χ2n) is 5.05. The molecule has 0 aromatic carbocycles. The Kier molecular flexibility index (Phi) is 4.88. The van der Waals surface area contributed by atoms with Gasteiger partial charge in [-0.1, -0.05) is 0 Å². The molecule has 2 atom stereocenters. The number of sulfonamides is 1. The fraction of sp³-hybridized carbons (Fsp3) is 0.538. The van der Waals surface area contributed by atoms with E-state index in [-0.39, 0.29) is 15.6 Å². The minimum Gasteiger partial charge on any atom is -0.481 e. The molecular weight excluding hydrogens is 330 g/mol. The molecule has 0 saturated carbocycles. The molecule has 7 nitrogen and oxygen atoms in total. The van der Waals surface area contributed by atoms with Crippen LogP contribution in [0.5, 0.6) is 0 Å². The van der Waals surface area contributed by atoms with Crippen molar-refractivity contribution in [2.45, 2.75) is 30.0 Å². The number of nitrogens with zero attached hydrogens (tertiary/aromatic N) is 1. The Hall–Kier alpha value is -1.45. The summed E-state index contributed by atoms with van der Waals surface area (Å²) in [5.41, 5.74) is 0. The van der Waals surface area contributed by atoms with E-state index in [1.807, 2.05) is 0 Å². The molecule has 1 aromatic heterocycles. The van der Waals surface area contributed by atoms with E-state index in [4.69, 9.17) is 0 Å². The van der Waals surface area contributed by atoms with Crippen LogP contribution in [0.15, 0.2) is 16.3 Å². The number of carbonyl (C=O) groups excluding carboxylic acids is 1. The summed E-state index contributed by atoms with van der Waals surface area (Å²) in [6, 6.07) is 2.12. The monoisotopic (exact) mass is 347 g/mol. The van der Waals surface area contributed by atoms with Crippen LogP contribution in [0.2, 0.25) is 0 Å². The fourth-order valence-corrected chi connectivity index (χ4v) is 5.62. The van der Waals surface area contributed by atoms with Crippen LogP contribution in [0.3, 0.4) is 0 Å². The molecule has 1 aromatic rings. The molecule has 122 valence electrons. The Labute approximate surface area is 132 Å². The van der Waals surface area contributed by atoms with E-state index < -0.39 is 33.9 Å². The molecule has 0 radical (unpaired) electrons. The molecule has 9 heteroatoms. The van der Waals surface area contributed by atoms with Crippen LogP contribution in [0.25, 0.3) is 0 Å². The van der Waals surface area contributed by atoms with Crippen molar-refractivity contribution >= 4 is 33.3 Å². The molecule has 0 spiro atoms. The summed E-state index contributed by atoms with van der Waals surface area (Å²) in [5.74, 6) is -2.31. The van der Waals surface area contributed by atoms with Gasteiger partial charge in [0.15, 0.2) is 0 Å². The number of hydrogen-bond donors (Lipinski definition) is 1. The number of piperidine rings is 1. The molecule has 22 heavy (non-hydrogen) atoms. The van der Waals surface area contributed by atoms with Crippen molar-refractivity contribution in [3.05, 3.63) is 17.0 Å². The maximum atomic E-state index is 12.7. The van der Waals surface area contributed by atoms with Gasteiger partial charge in [0.2, 0.25) is 0 Å². The lowest BCUT2D eigenvalue weighted by molar-refractivity contribution is -0.144. The number of carbonyl (C=O) groups is 2. The number of aliphatic carboxylic acids is 1. The second-order valence-corrected chi connectivity index (χ2v) is 8.25. The summed E-state index contributed by atoms with van der Waals surface area (Å²) < 4.78 is 31.2. The average Bonchev–Trinajstić information content (AvgIpc) is 2.96. The topological polar surface area (TPSA) is 101 Å². The predicted molar refractivity (Wildman–Crippen MR) is 79.4 cm³/mol. The first-order valence-electron chi connectivity index (χ1n) is 6.72. The minimum absolute atomic E-state index is 0.0192. The Bertz CT molecular complexity index is 680. The molecule has 0 amide bonds. The Morgan fingerprint density at radius 1 is 1.41 bits per heavy atom. The molecule has 0 unspecified atom stereocenters. The highest BCUT2D eigenvalue weighted by Gasteiger charge is 2.40. The fourth-order valence-electron chi connectivity index (χ4n) is 2.57. The highest BCUT2D eigenvalue weighted by Crippen LogP contribution is 2.32. The summed E-state index contributed by atoms with van der Waals surface area (Å²) in [4.78, 5) is 22.9. The third-order valence-corrected chi connectivity index (χ3v) is 7.30. The highest BCUT2D eigenvalue weighted by molar-refractivity contribution is 7.91. The predicted octanol–water partition coefficient (Wildman–Crippen LogP) is 1.41. The van der Waals surface area contributed by atoms with E-state index in [0.717, 1.165) is 11.3 Å². The lowest BCUT2D eigenvalue weighted by Crippen LogP contribution is -2.48. The number of ether oxygens (including phenoxy) is 1. The number of thiophene rings is 1. The maximum absolute atomic E-state index is 12.7. The highest BCUT2D eigenvalue weighted by atomic mass is 32.2. The molecule has 0 aliphatic carbocycles. The molecule has 1 aliphatic rings. The standard InChI is InChI=1S/C13H17NO6S2/c1-8-9(12(15)16)4-3-7-14(8)22(18,19)11-6-5-10(21-11)13(17)20-2/h5-6,8-9H,3-4,7H2,1-2H3,(H,15,16)/t8-,9-/m0/s1. The maximum Gasteiger partial charge on any atom is 0.348 e. The number of methoxy groups -OCH3 is 1. The van der Waals surface area contributed by atoms with Crippen LogP contribution in [0.1, 0.15) is 29.4 Å². The lowest BCUT2D eigenvalue weighted by Gasteiger charge is -2.35. The van der Waals surface area contributed by atoms with Gasteiger partial charge in [-0.15, -0.1) is 11.3 Å². The zero-order chi connectivity index (χ0) is 16.5. The molecule has 2 heterocycles. The minimum atomic E-state index is -3.82. The van der Waals surface area contributed by atoms with E-state index in [0.29, 0.717) is 12.8 Å². The van der Waals surface area contributed by atoms with Gasteiger partial charge in [0.05, 0.1) is 13.0 Å². The van der Waals surface area contributed by atoms with Gasteiger partial charge in [0, 0.05) is 12.6 Å². The van der Waals surface area contributed by atoms with Crippen molar-refractivity contribution in [1.29, 1.82) is 0 Å². The summed E-state index contributed by atoms with van der Waals surface area (Å²) >= 11 is 0.826. The normalized spacial score (nSPS) is 23.2.